The van der Waals surface area contributed by atoms with E-state index in [1.807, 2.05) is 25.7 Å². The lowest BCUT2D eigenvalue weighted by Gasteiger charge is -2.37. The molecule has 4 nitrogen and oxygen atoms in total. The maximum atomic E-state index is 12.1. The summed E-state index contributed by atoms with van der Waals surface area (Å²) in [6, 6.07) is 0. The van der Waals surface area contributed by atoms with Crippen molar-refractivity contribution < 1.29 is 9.53 Å². The Bertz CT molecular complexity index is 332. The van der Waals surface area contributed by atoms with E-state index < -0.39 is 5.60 Å². The van der Waals surface area contributed by atoms with E-state index in [1.54, 1.807) is 6.20 Å². The predicted molar refractivity (Wildman–Crippen MR) is 70.8 cm³/mol. The minimum atomic E-state index is -0.413. The molecule has 102 valence electrons. The molecule has 0 radical (unpaired) electrons. The molecular weight excluding hydrogens is 228 g/mol. The second kappa shape index (κ2) is 4.82. The van der Waals surface area contributed by atoms with Crippen LogP contribution in [0.25, 0.3) is 0 Å². The normalized spacial score (nSPS) is 31.9. The highest BCUT2D eigenvalue weighted by Gasteiger charge is 2.42. The molecule has 0 spiro atoms. The molecule has 1 amide bonds. The average molecular weight is 252 g/mol. The highest BCUT2D eigenvalue weighted by atomic mass is 16.6. The molecule has 2 rings (SSSR count). The zero-order valence-corrected chi connectivity index (χ0v) is 11.6. The number of carbonyl (C=O) groups is 1. The Morgan fingerprint density at radius 3 is 2.28 bits per heavy atom. The minimum Gasteiger partial charge on any atom is -0.444 e. The molecule has 4 heteroatoms. The molecule has 0 aromatic carbocycles. The fourth-order valence-electron chi connectivity index (χ4n) is 3.18. The van der Waals surface area contributed by atoms with Crippen LogP contribution in [0.1, 0.15) is 33.6 Å². The molecule has 1 aliphatic carbocycles. The van der Waals surface area contributed by atoms with Gasteiger partial charge in [-0.05, 0) is 57.6 Å². The number of ether oxygens (including phenoxy) is 1. The molecular formula is C14H24N2O2. The number of likely N-dealkylation sites (tertiary alicyclic amines) is 1. The van der Waals surface area contributed by atoms with Gasteiger partial charge >= 0.3 is 6.09 Å². The van der Waals surface area contributed by atoms with E-state index >= 15 is 0 Å². The molecule has 0 aromatic heterocycles. The number of allylic oxidation sites excluding steroid dienone is 1. The van der Waals surface area contributed by atoms with Crippen LogP contribution in [-0.2, 0) is 4.74 Å². The smallest absolute Gasteiger partial charge is 0.410 e. The molecule has 3 atom stereocenters. The first-order valence-electron chi connectivity index (χ1n) is 6.77. The lowest BCUT2D eigenvalue weighted by molar-refractivity contribution is 0.0112. The van der Waals surface area contributed by atoms with Gasteiger partial charge in [-0.3, -0.25) is 0 Å². The minimum absolute atomic E-state index is 0.172. The van der Waals surface area contributed by atoms with Gasteiger partial charge in [-0.25, -0.2) is 4.79 Å². The number of piperidine rings is 1. The number of hydrogen-bond acceptors (Lipinski definition) is 3. The van der Waals surface area contributed by atoms with Crippen molar-refractivity contribution in [3.05, 3.63) is 12.3 Å². The van der Waals surface area contributed by atoms with Gasteiger partial charge in [0.15, 0.2) is 0 Å². The van der Waals surface area contributed by atoms with Gasteiger partial charge in [0.1, 0.15) is 5.60 Å². The standard InChI is InChI=1S/C14H24N2O2/c1-14(2,3)18-13(17)16-8-10-4-5-11(9-16)12(10)6-7-15/h6-7,10-12H,4-5,8-9,15H2,1-3H3/b7-6+/t10-,11?,12-/m1/s1. The lowest BCUT2D eigenvalue weighted by atomic mass is 9.85. The third-order valence-electron chi connectivity index (χ3n) is 3.89. The highest BCUT2D eigenvalue weighted by molar-refractivity contribution is 5.68. The van der Waals surface area contributed by atoms with Crippen molar-refractivity contribution in [1.82, 2.24) is 4.90 Å². The summed E-state index contributed by atoms with van der Waals surface area (Å²) in [6.45, 7) is 7.33. The lowest BCUT2D eigenvalue weighted by Crippen LogP contribution is -2.46. The van der Waals surface area contributed by atoms with Gasteiger partial charge in [0.05, 0.1) is 0 Å². The molecule has 1 heterocycles. The molecule has 2 N–H and O–H groups in total. The Kier molecular flexibility index (Phi) is 3.55. The fraction of sp³-hybridized carbons (Fsp3) is 0.786. The van der Waals surface area contributed by atoms with Crippen LogP contribution < -0.4 is 5.73 Å². The Morgan fingerprint density at radius 1 is 1.28 bits per heavy atom. The summed E-state index contributed by atoms with van der Waals surface area (Å²) in [6.07, 6.45) is 5.97. The zero-order chi connectivity index (χ0) is 13.3. The van der Waals surface area contributed by atoms with Crippen molar-refractivity contribution in [2.24, 2.45) is 23.5 Å². The largest absolute Gasteiger partial charge is 0.444 e. The molecule has 0 aromatic rings. The third kappa shape index (κ3) is 2.79. The second-order valence-corrected chi connectivity index (χ2v) is 6.45. The maximum absolute atomic E-state index is 12.1. The zero-order valence-electron chi connectivity index (χ0n) is 11.6. The SMILES string of the molecule is CC(C)(C)OC(=O)N1CC2CC[C@H](C1)[C@H]2/C=C/N. The molecule has 2 aliphatic rings. The van der Waals surface area contributed by atoms with E-state index in [-0.39, 0.29) is 6.09 Å². The first-order chi connectivity index (χ1) is 8.40. The summed E-state index contributed by atoms with van der Waals surface area (Å²) in [5.74, 6) is 1.65. The highest BCUT2D eigenvalue weighted by Crippen LogP contribution is 2.42. The van der Waals surface area contributed by atoms with E-state index in [9.17, 15) is 4.79 Å². The second-order valence-electron chi connectivity index (χ2n) is 6.45. The van der Waals surface area contributed by atoms with Crippen molar-refractivity contribution in [3.63, 3.8) is 0 Å². The van der Waals surface area contributed by atoms with Gasteiger partial charge in [-0.2, -0.15) is 0 Å². The molecule has 18 heavy (non-hydrogen) atoms. The van der Waals surface area contributed by atoms with Gasteiger partial charge in [-0.1, -0.05) is 6.08 Å². The number of nitrogens with two attached hydrogens (primary N) is 1. The summed E-state index contributed by atoms with van der Waals surface area (Å²) >= 11 is 0. The van der Waals surface area contributed by atoms with E-state index in [2.05, 4.69) is 6.08 Å². The molecule has 2 bridgehead atoms. The maximum Gasteiger partial charge on any atom is 0.410 e. The number of fused-ring (bicyclic) bond motifs is 2. The number of rotatable bonds is 1. The molecule has 1 unspecified atom stereocenters. The summed E-state index contributed by atoms with van der Waals surface area (Å²) in [4.78, 5) is 13.9. The van der Waals surface area contributed by atoms with Crippen LogP contribution in [0.15, 0.2) is 12.3 Å². The van der Waals surface area contributed by atoms with E-state index in [4.69, 9.17) is 10.5 Å². The van der Waals surface area contributed by atoms with E-state index in [1.165, 1.54) is 12.8 Å². The quantitative estimate of drug-likeness (QED) is 0.779. The van der Waals surface area contributed by atoms with Gasteiger partial charge in [0, 0.05) is 13.1 Å². The van der Waals surface area contributed by atoms with Crippen molar-refractivity contribution in [3.8, 4) is 0 Å². The number of nitrogens with zero attached hydrogens (tertiary/aromatic N) is 1. The van der Waals surface area contributed by atoms with Gasteiger partial charge < -0.3 is 15.4 Å². The van der Waals surface area contributed by atoms with Gasteiger partial charge in [0.25, 0.3) is 0 Å². The first-order valence-corrected chi connectivity index (χ1v) is 6.77. The van der Waals surface area contributed by atoms with Crippen molar-refractivity contribution in [2.45, 2.75) is 39.2 Å². The van der Waals surface area contributed by atoms with Crippen LogP contribution in [-0.4, -0.2) is 29.7 Å². The topological polar surface area (TPSA) is 55.6 Å². The van der Waals surface area contributed by atoms with Crippen molar-refractivity contribution in [1.29, 1.82) is 0 Å². The van der Waals surface area contributed by atoms with Crippen molar-refractivity contribution >= 4 is 6.09 Å². The van der Waals surface area contributed by atoms with E-state index in [0.717, 1.165) is 13.1 Å². The predicted octanol–water partition coefficient (Wildman–Crippen LogP) is 2.35. The Hall–Kier alpha value is -1.19. The number of hydrogen-bond donors (Lipinski definition) is 1. The molecule has 2 fully saturated rings. The van der Waals surface area contributed by atoms with Crippen LogP contribution in [0.4, 0.5) is 4.79 Å². The summed E-state index contributed by atoms with van der Waals surface area (Å²) in [7, 11) is 0. The molecule has 1 aliphatic heterocycles. The van der Waals surface area contributed by atoms with Gasteiger partial charge in [-0.15, -0.1) is 0 Å². The number of amides is 1. The van der Waals surface area contributed by atoms with Crippen LogP contribution in [0.3, 0.4) is 0 Å². The van der Waals surface area contributed by atoms with Gasteiger partial charge in [0.2, 0.25) is 0 Å². The molecule has 1 saturated heterocycles. The Balaban J connectivity index is 1.98. The Labute approximate surface area is 109 Å². The third-order valence-corrected chi connectivity index (χ3v) is 3.89. The van der Waals surface area contributed by atoms with Crippen LogP contribution in [0.5, 0.6) is 0 Å². The molecule has 1 saturated carbocycles. The van der Waals surface area contributed by atoms with Crippen LogP contribution in [0.2, 0.25) is 0 Å². The average Bonchev–Trinajstić information content (AvgIpc) is 2.49. The van der Waals surface area contributed by atoms with E-state index in [0.29, 0.717) is 17.8 Å². The van der Waals surface area contributed by atoms with Crippen molar-refractivity contribution in [2.75, 3.05) is 13.1 Å². The monoisotopic (exact) mass is 252 g/mol. The first kappa shape index (κ1) is 13.2. The number of carbonyl (C=O) groups excluding carboxylic acids is 1. The Morgan fingerprint density at radius 2 is 1.83 bits per heavy atom. The fourth-order valence-corrected chi connectivity index (χ4v) is 3.18. The van der Waals surface area contributed by atoms with Crippen LogP contribution in [0, 0.1) is 17.8 Å². The van der Waals surface area contributed by atoms with Crippen LogP contribution >= 0.6 is 0 Å². The summed E-state index contributed by atoms with van der Waals surface area (Å²) < 4.78 is 5.44. The summed E-state index contributed by atoms with van der Waals surface area (Å²) in [5, 5.41) is 0. The summed E-state index contributed by atoms with van der Waals surface area (Å²) in [5.41, 5.74) is 5.09.